The summed E-state index contributed by atoms with van der Waals surface area (Å²) in [6.07, 6.45) is 52.9. The third-order valence-electron chi connectivity index (χ3n) is 10.6. The fourth-order valence-corrected chi connectivity index (χ4v) is 6.92. The second kappa shape index (κ2) is 44.8. The summed E-state index contributed by atoms with van der Waals surface area (Å²) < 4.78 is 5.44. The van der Waals surface area contributed by atoms with Crippen molar-refractivity contribution in [1.82, 2.24) is 5.32 Å². The van der Waals surface area contributed by atoms with E-state index in [1.165, 1.54) is 141 Å². The molecule has 2 unspecified atom stereocenters. The van der Waals surface area contributed by atoms with Crippen LogP contribution in [0.2, 0.25) is 0 Å². The molecule has 2 atom stereocenters. The standard InChI is InChI=1S/C49H91NO5/c1-3-5-7-9-11-13-15-16-17-18-19-20-21-23-27-31-35-39-43-49(54)55-44-40-36-32-28-24-26-30-34-38-42-48(53)50-46(45-51)47(52)41-37-33-29-25-22-14-12-10-8-6-4-2/h17-18,26,30,37,41,46-47,51-52H,3-16,19-25,27-29,31-36,38-40,42-45H2,1-2H3,(H,50,53)/b18-17-,30-26-,41-37+. The van der Waals surface area contributed by atoms with Gasteiger partial charge in [0, 0.05) is 12.8 Å². The fraction of sp³-hybridized carbons (Fsp3) is 0.837. The number of hydrogen-bond donors (Lipinski definition) is 3. The van der Waals surface area contributed by atoms with Gasteiger partial charge in [0.05, 0.1) is 25.4 Å². The van der Waals surface area contributed by atoms with E-state index in [4.69, 9.17) is 4.74 Å². The third kappa shape index (κ3) is 41.5. The Bertz CT molecular complexity index is 900. The Morgan fingerprint density at radius 2 is 0.873 bits per heavy atom. The Morgan fingerprint density at radius 3 is 1.33 bits per heavy atom. The predicted octanol–water partition coefficient (Wildman–Crippen LogP) is 13.7. The van der Waals surface area contributed by atoms with Gasteiger partial charge in [-0.1, -0.05) is 185 Å². The van der Waals surface area contributed by atoms with E-state index in [1.54, 1.807) is 6.08 Å². The van der Waals surface area contributed by atoms with Crippen LogP contribution in [0.15, 0.2) is 36.5 Å². The molecule has 0 saturated heterocycles. The monoisotopic (exact) mass is 774 g/mol. The zero-order chi connectivity index (χ0) is 40.1. The highest BCUT2D eigenvalue weighted by Gasteiger charge is 2.17. The summed E-state index contributed by atoms with van der Waals surface area (Å²) in [6.45, 7) is 4.78. The molecule has 55 heavy (non-hydrogen) atoms. The lowest BCUT2D eigenvalue weighted by Gasteiger charge is -2.19. The highest BCUT2D eigenvalue weighted by Crippen LogP contribution is 2.14. The maximum atomic E-state index is 12.3. The van der Waals surface area contributed by atoms with Gasteiger partial charge in [-0.25, -0.2) is 0 Å². The summed E-state index contributed by atoms with van der Waals surface area (Å²) in [5, 5.41) is 22.9. The van der Waals surface area contributed by atoms with E-state index in [0.717, 1.165) is 70.6 Å². The molecule has 1 amide bonds. The van der Waals surface area contributed by atoms with Gasteiger partial charge in [0.15, 0.2) is 0 Å². The van der Waals surface area contributed by atoms with Crippen LogP contribution < -0.4 is 5.32 Å². The highest BCUT2D eigenvalue weighted by atomic mass is 16.5. The minimum Gasteiger partial charge on any atom is -0.466 e. The van der Waals surface area contributed by atoms with Crippen molar-refractivity contribution in [2.45, 2.75) is 251 Å². The largest absolute Gasteiger partial charge is 0.466 e. The molecule has 6 nitrogen and oxygen atoms in total. The van der Waals surface area contributed by atoms with E-state index in [9.17, 15) is 19.8 Å². The first-order valence-corrected chi connectivity index (χ1v) is 23.8. The Morgan fingerprint density at radius 1 is 0.491 bits per heavy atom. The molecule has 0 aliphatic rings. The molecule has 0 aliphatic carbocycles. The Kier molecular flexibility index (Phi) is 43.2. The first-order valence-electron chi connectivity index (χ1n) is 23.8. The number of aliphatic hydroxyl groups excluding tert-OH is 2. The van der Waals surface area contributed by atoms with E-state index in [0.29, 0.717) is 19.4 Å². The van der Waals surface area contributed by atoms with Gasteiger partial charge >= 0.3 is 5.97 Å². The molecule has 0 aromatic heterocycles. The lowest BCUT2D eigenvalue weighted by Crippen LogP contribution is -2.45. The topological polar surface area (TPSA) is 95.9 Å². The maximum Gasteiger partial charge on any atom is 0.305 e. The van der Waals surface area contributed by atoms with Crippen LogP contribution in [0.4, 0.5) is 0 Å². The lowest BCUT2D eigenvalue weighted by molar-refractivity contribution is -0.143. The summed E-state index contributed by atoms with van der Waals surface area (Å²) >= 11 is 0. The van der Waals surface area contributed by atoms with E-state index in [-0.39, 0.29) is 18.5 Å². The van der Waals surface area contributed by atoms with Crippen LogP contribution in [0.3, 0.4) is 0 Å². The van der Waals surface area contributed by atoms with E-state index in [2.05, 4.69) is 43.5 Å². The molecule has 0 heterocycles. The number of ether oxygens (including phenoxy) is 1. The molecule has 0 spiro atoms. The lowest BCUT2D eigenvalue weighted by atomic mass is 10.1. The number of aliphatic hydroxyl groups is 2. The van der Waals surface area contributed by atoms with Crippen LogP contribution >= 0.6 is 0 Å². The first kappa shape index (κ1) is 53.1. The molecule has 6 heteroatoms. The number of nitrogens with one attached hydrogen (secondary N) is 1. The Balaban J connectivity index is 3.56. The van der Waals surface area contributed by atoms with Gasteiger partial charge in [-0.3, -0.25) is 9.59 Å². The SMILES string of the molecule is CCCCCCCCC/C=C\CCCCCCCCCC(=O)OCCCCCC/C=C\CCCC(=O)NC(CO)C(O)/C=C/CCCCCCCCCCC. The number of amides is 1. The summed E-state index contributed by atoms with van der Waals surface area (Å²) in [5.74, 6) is -0.174. The second-order valence-corrected chi connectivity index (χ2v) is 16.1. The van der Waals surface area contributed by atoms with E-state index in [1.807, 2.05) is 6.08 Å². The van der Waals surface area contributed by atoms with Gasteiger partial charge in [-0.05, 0) is 77.0 Å². The van der Waals surface area contributed by atoms with Gasteiger partial charge < -0.3 is 20.3 Å². The van der Waals surface area contributed by atoms with Crippen molar-refractivity contribution < 1.29 is 24.5 Å². The van der Waals surface area contributed by atoms with Crippen LogP contribution in [0.5, 0.6) is 0 Å². The van der Waals surface area contributed by atoms with E-state index < -0.39 is 12.1 Å². The van der Waals surface area contributed by atoms with Crippen molar-refractivity contribution >= 4 is 11.9 Å². The van der Waals surface area contributed by atoms with Gasteiger partial charge in [-0.2, -0.15) is 0 Å². The molecule has 0 rings (SSSR count). The zero-order valence-corrected chi connectivity index (χ0v) is 36.4. The summed E-state index contributed by atoms with van der Waals surface area (Å²) in [7, 11) is 0. The predicted molar refractivity (Wildman–Crippen MR) is 236 cm³/mol. The number of carbonyl (C=O) groups is 2. The summed E-state index contributed by atoms with van der Waals surface area (Å²) in [5.41, 5.74) is 0. The average molecular weight is 774 g/mol. The minimum absolute atomic E-state index is 0.0422. The van der Waals surface area contributed by atoms with Crippen LogP contribution in [0.1, 0.15) is 239 Å². The zero-order valence-electron chi connectivity index (χ0n) is 36.4. The summed E-state index contributed by atoms with van der Waals surface area (Å²) in [4.78, 5) is 24.4. The molecule has 0 aromatic carbocycles. The Hall–Kier alpha value is -1.92. The first-order chi connectivity index (χ1) is 27.0. The normalized spacial score (nSPS) is 13.0. The second-order valence-electron chi connectivity index (χ2n) is 16.1. The molecule has 3 N–H and O–H groups in total. The third-order valence-corrected chi connectivity index (χ3v) is 10.6. The number of allylic oxidation sites excluding steroid dienone is 5. The van der Waals surface area contributed by atoms with Crippen LogP contribution in [-0.4, -0.2) is 47.4 Å². The van der Waals surface area contributed by atoms with Gasteiger partial charge in [0.2, 0.25) is 5.91 Å². The van der Waals surface area contributed by atoms with Gasteiger partial charge in [0.1, 0.15) is 0 Å². The molecule has 0 saturated carbocycles. The average Bonchev–Trinajstić information content (AvgIpc) is 3.18. The highest BCUT2D eigenvalue weighted by molar-refractivity contribution is 5.76. The van der Waals surface area contributed by atoms with Crippen molar-refractivity contribution in [3.63, 3.8) is 0 Å². The quantitative estimate of drug-likeness (QED) is 0.0326. The van der Waals surface area contributed by atoms with Crippen molar-refractivity contribution in [2.75, 3.05) is 13.2 Å². The van der Waals surface area contributed by atoms with Gasteiger partial charge in [0.25, 0.3) is 0 Å². The molecule has 0 aromatic rings. The van der Waals surface area contributed by atoms with Crippen molar-refractivity contribution in [3.8, 4) is 0 Å². The molecule has 0 radical (unpaired) electrons. The molecule has 0 aliphatic heterocycles. The van der Waals surface area contributed by atoms with Crippen molar-refractivity contribution in [1.29, 1.82) is 0 Å². The van der Waals surface area contributed by atoms with Crippen LogP contribution in [-0.2, 0) is 14.3 Å². The molecule has 0 bridgehead atoms. The number of hydrogen-bond acceptors (Lipinski definition) is 5. The van der Waals surface area contributed by atoms with E-state index >= 15 is 0 Å². The number of carbonyl (C=O) groups excluding carboxylic acids is 2. The smallest absolute Gasteiger partial charge is 0.305 e. The van der Waals surface area contributed by atoms with Crippen LogP contribution in [0.25, 0.3) is 0 Å². The molecule has 322 valence electrons. The molecule has 0 fully saturated rings. The molecular weight excluding hydrogens is 683 g/mol. The fourth-order valence-electron chi connectivity index (χ4n) is 6.92. The van der Waals surface area contributed by atoms with Gasteiger partial charge in [-0.15, -0.1) is 0 Å². The Labute approximate surface area is 341 Å². The van der Waals surface area contributed by atoms with Crippen molar-refractivity contribution in [3.05, 3.63) is 36.5 Å². The molecular formula is C49H91NO5. The van der Waals surface area contributed by atoms with Crippen molar-refractivity contribution in [2.24, 2.45) is 0 Å². The number of rotatable bonds is 43. The number of esters is 1. The maximum absolute atomic E-state index is 12.3. The number of unbranched alkanes of at least 4 members (excludes halogenated alkanes) is 28. The summed E-state index contributed by atoms with van der Waals surface area (Å²) in [6, 6.07) is -0.664. The minimum atomic E-state index is -0.874. The van der Waals surface area contributed by atoms with Crippen LogP contribution in [0, 0.1) is 0 Å².